The predicted molar refractivity (Wildman–Crippen MR) is 61.8 cm³/mol. The van der Waals surface area contributed by atoms with E-state index in [1.807, 2.05) is 0 Å². The van der Waals surface area contributed by atoms with E-state index in [9.17, 15) is 0 Å². The summed E-state index contributed by atoms with van der Waals surface area (Å²) in [5, 5.41) is 8.00. The van der Waals surface area contributed by atoms with E-state index < -0.39 is 0 Å². The van der Waals surface area contributed by atoms with Gasteiger partial charge in [0.25, 0.3) is 0 Å². The fourth-order valence-corrected chi connectivity index (χ4v) is 1.99. The Morgan fingerprint density at radius 1 is 1.53 bits per heavy atom. The highest BCUT2D eigenvalue weighted by Crippen LogP contribution is 2.37. The fourth-order valence-electron chi connectivity index (χ4n) is 1.99. The zero-order valence-corrected chi connectivity index (χ0v) is 9.95. The molecule has 0 aliphatic heterocycles. The third kappa shape index (κ3) is 2.59. The Morgan fingerprint density at radius 3 is 2.80 bits per heavy atom. The second-order valence-corrected chi connectivity index (χ2v) is 5.13. The van der Waals surface area contributed by atoms with Gasteiger partial charge in [-0.1, -0.05) is 13.8 Å². The van der Waals surface area contributed by atoms with E-state index in [4.69, 9.17) is 0 Å². The van der Waals surface area contributed by atoms with Crippen LogP contribution in [0.25, 0.3) is 0 Å². The van der Waals surface area contributed by atoms with Crippen LogP contribution in [0.1, 0.15) is 32.4 Å². The van der Waals surface area contributed by atoms with Gasteiger partial charge in [-0.05, 0) is 31.9 Å². The standard InChI is InChI=1S/C12H21N3/c1-10(2)9-15-7-4-11(14-15)8-12(13-3)5-6-12/h4,7,10,13H,5-6,8-9H2,1-3H3. The molecule has 0 amide bonds. The Balaban J connectivity index is 1.95. The molecule has 3 heteroatoms. The van der Waals surface area contributed by atoms with Gasteiger partial charge in [-0.3, -0.25) is 4.68 Å². The Morgan fingerprint density at radius 2 is 2.27 bits per heavy atom. The van der Waals surface area contributed by atoms with Gasteiger partial charge in [-0.15, -0.1) is 0 Å². The third-order valence-electron chi connectivity index (χ3n) is 3.15. The predicted octanol–water partition coefficient (Wildman–Crippen LogP) is 1.83. The van der Waals surface area contributed by atoms with Crippen molar-refractivity contribution >= 4 is 0 Å². The zero-order chi connectivity index (χ0) is 10.9. The van der Waals surface area contributed by atoms with Gasteiger partial charge in [0, 0.05) is 24.7 Å². The summed E-state index contributed by atoms with van der Waals surface area (Å²) >= 11 is 0. The molecule has 1 fully saturated rings. The van der Waals surface area contributed by atoms with Gasteiger partial charge in [0.15, 0.2) is 0 Å². The van der Waals surface area contributed by atoms with E-state index in [1.54, 1.807) is 0 Å². The molecule has 0 spiro atoms. The van der Waals surface area contributed by atoms with E-state index in [0.717, 1.165) is 13.0 Å². The van der Waals surface area contributed by atoms with Crippen molar-refractivity contribution in [1.29, 1.82) is 0 Å². The second kappa shape index (κ2) is 3.97. The van der Waals surface area contributed by atoms with Crippen molar-refractivity contribution in [1.82, 2.24) is 15.1 Å². The molecule has 1 aliphatic carbocycles. The summed E-state index contributed by atoms with van der Waals surface area (Å²) in [5.41, 5.74) is 1.60. The normalized spacial score (nSPS) is 18.4. The maximum Gasteiger partial charge on any atom is 0.0642 e. The van der Waals surface area contributed by atoms with E-state index in [1.165, 1.54) is 18.5 Å². The van der Waals surface area contributed by atoms with E-state index in [2.05, 4.69) is 48.3 Å². The molecule has 2 rings (SSSR count). The molecule has 0 aromatic carbocycles. The molecule has 0 bridgehead atoms. The van der Waals surface area contributed by atoms with Crippen molar-refractivity contribution in [3.05, 3.63) is 18.0 Å². The highest BCUT2D eigenvalue weighted by atomic mass is 15.3. The molecule has 3 nitrogen and oxygen atoms in total. The Kier molecular flexibility index (Phi) is 2.83. The summed E-state index contributed by atoms with van der Waals surface area (Å²) < 4.78 is 2.06. The van der Waals surface area contributed by atoms with Crippen LogP contribution >= 0.6 is 0 Å². The van der Waals surface area contributed by atoms with Crippen LogP contribution in [0.3, 0.4) is 0 Å². The third-order valence-corrected chi connectivity index (χ3v) is 3.15. The van der Waals surface area contributed by atoms with Crippen LogP contribution in [0.5, 0.6) is 0 Å². The largest absolute Gasteiger partial charge is 0.314 e. The molecule has 1 N–H and O–H groups in total. The molecule has 1 aromatic heterocycles. The maximum atomic E-state index is 4.60. The zero-order valence-electron chi connectivity index (χ0n) is 9.95. The maximum absolute atomic E-state index is 4.60. The number of aromatic nitrogens is 2. The second-order valence-electron chi connectivity index (χ2n) is 5.13. The molecule has 1 saturated carbocycles. The van der Waals surface area contributed by atoms with Gasteiger partial charge in [-0.25, -0.2) is 0 Å². The minimum Gasteiger partial charge on any atom is -0.314 e. The summed E-state index contributed by atoms with van der Waals surface area (Å²) in [6.07, 6.45) is 5.76. The number of rotatable bonds is 5. The summed E-state index contributed by atoms with van der Waals surface area (Å²) in [6.45, 7) is 5.46. The minimum absolute atomic E-state index is 0.372. The van der Waals surface area contributed by atoms with Crippen LogP contribution in [0.4, 0.5) is 0 Å². The number of hydrogen-bond acceptors (Lipinski definition) is 2. The van der Waals surface area contributed by atoms with Crippen LogP contribution in [-0.4, -0.2) is 22.4 Å². The van der Waals surface area contributed by atoms with E-state index >= 15 is 0 Å². The van der Waals surface area contributed by atoms with Gasteiger partial charge >= 0.3 is 0 Å². The van der Waals surface area contributed by atoms with Crippen LogP contribution in [0, 0.1) is 5.92 Å². The summed E-state index contributed by atoms with van der Waals surface area (Å²) in [7, 11) is 2.05. The lowest BCUT2D eigenvalue weighted by Crippen LogP contribution is -2.29. The summed E-state index contributed by atoms with van der Waals surface area (Å²) in [4.78, 5) is 0. The highest BCUT2D eigenvalue weighted by molar-refractivity contribution is 5.12. The summed E-state index contributed by atoms with van der Waals surface area (Å²) in [6, 6.07) is 2.15. The topological polar surface area (TPSA) is 29.9 Å². The van der Waals surface area contributed by atoms with Crippen LogP contribution in [0.15, 0.2) is 12.3 Å². The van der Waals surface area contributed by atoms with Crippen molar-refractivity contribution < 1.29 is 0 Å². The molecular weight excluding hydrogens is 186 g/mol. The van der Waals surface area contributed by atoms with Crippen molar-refractivity contribution in [2.75, 3.05) is 7.05 Å². The number of likely N-dealkylation sites (N-methyl/N-ethyl adjacent to an activating group) is 1. The van der Waals surface area contributed by atoms with Gasteiger partial charge < -0.3 is 5.32 Å². The van der Waals surface area contributed by atoms with Crippen molar-refractivity contribution in [3.63, 3.8) is 0 Å². The number of nitrogens with zero attached hydrogens (tertiary/aromatic N) is 2. The first-order valence-electron chi connectivity index (χ1n) is 5.85. The average molecular weight is 207 g/mol. The lowest BCUT2D eigenvalue weighted by Gasteiger charge is -2.11. The van der Waals surface area contributed by atoms with Crippen molar-refractivity contribution in [2.45, 2.75) is 45.2 Å². The first-order chi connectivity index (χ1) is 7.13. The molecule has 0 unspecified atom stereocenters. The first kappa shape index (κ1) is 10.7. The van der Waals surface area contributed by atoms with Gasteiger partial charge in [0.05, 0.1) is 5.69 Å². The molecule has 84 valence electrons. The lowest BCUT2D eigenvalue weighted by atomic mass is 10.1. The van der Waals surface area contributed by atoms with Crippen LogP contribution in [0.2, 0.25) is 0 Å². The molecule has 1 aliphatic rings. The van der Waals surface area contributed by atoms with Crippen LogP contribution in [-0.2, 0) is 13.0 Å². The van der Waals surface area contributed by atoms with Crippen LogP contribution < -0.4 is 5.32 Å². The number of nitrogens with one attached hydrogen (secondary N) is 1. The Hall–Kier alpha value is -0.830. The Bertz CT molecular complexity index is 323. The van der Waals surface area contributed by atoms with E-state index in [-0.39, 0.29) is 0 Å². The average Bonchev–Trinajstić information content (AvgIpc) is 2.82. The number of hydrogen-bond donors (Lipinski definition) is 1. The SMILES string of the molecule is CNC1(Cc2ccn(CC(C)C)n2)CC1. The smallest absolute Gasteiger partial charge is 0.0642 e. The molecule has 1 heterocycles. The quantitative estimate of drug-likeness (QED) is 0.798. The highest BCUT2D eigenvalue weighted by Gasteiger charge is 2.41. The molecule has 1 aromatic rings. The lowest BCUT2D eigenvalue weighted by molar-refractivity contribution is 0.472. The molecule has 0 saturated heterocycles. The molecule has 0 radical (unpaired) electrons. The monoisotopic (exact) mass is 207 g/mol. The molecular formula is C12H21N3. The first-order valence-corrected chi connectivity index (χ1v) is 5.85. The van der Waals surface area contributed by atoms with Gasteiger partial charge in [-0.2, -0.15) is 5.10 Å². The van der Waals surface area contributed by atoms with Gasteiger partial charge in [0.2, 0.25) is 0 Å². The minimum atomic E-state index is 0.372. The van der Waals surface area contributed by atoms with E-state index in [0.29, 0.717) is 11.5 Å². The van der Waals surface area contributed by atoms with Gasteiger partial charge in [0.1, 0.15) is 0 Å². The van der Waals surface area contributed by atoms with Crippen molar-refractivity contribution in [3.8, 4) is 0 Å². The summed E-state index contributed by atoms with van der Waals surface area (Å²) in [5.74, 6) is 0.664. The van der Waals surface area contributed by atoms with Crippen molar-refractivity contribution in [2.24, 2.45) is 5.92 Å². The Labute approximate surface area is 91.9 Å². The molecule has 0 atom stereocenters. The fraction of sp³-hybridized carbons (Fsp3) is 0.750. The molecule has 15 heavy (non-hydrogen) atoms.